The molecule has 0 spiro atoms. The van der Waals surface area contributed by atoms with E-state index >= 15 is 0 Å². The molecule has 0 saturated carbocycles. The van der Waals surface area contributed by atoms with Crippen LogP contribution in [0.15, 0.2) is 17.0 Å². The van der Waals surface area contributed by atoms with Crippen molar-refractivity contribution in [1.29, 1.82) is 0 Å². The standard InChI is InChI=1S/C9H8F2O5S/c1-17(15,16)8-5(10)2-4(3-6(8)11)7(12)9(13)14/h2-3,7,12H,1H3,(H,13,14). The van der Waals surface area contributed by atoms with Gasteiger partial charge in [-0.1, -0.05) is 0 Å². The van der Waals surface area contributed by atoms with Crippen LogP contribution in [0.25, 0.3) is 0 Å². The van der Waals surface area contributed by atoms with Crippen molar-refractivity contribution in [2.45, 2.75) is 11.0 Å². The molecule has 5 nitrogen and oxygen atoms in total. The number of carbonyl (C=O) groups is 1. The van der Waals surface area contributed by atoms with E-state index in [1.165, 1.54) is 0 Å². The molecule has 0 aliphatic heterocycles. The van der Waals surface area contributed by atoms with Crippen molar-refractivity contribution in [1.82, 2.24) is 0 Å². The first-order valence-corrected chi connectivity index (χ1v) is 6.13. The molecule has 0 amide bonds. The van der Waals surface area contributed by atoms with Crippen molar-refractivity contribution in [3.8, 4) is 0 Å². The van der Waals surface area contributed by atoms with E-state index in [1.807, 2.05) is 0 Å². The Morgan fingerprint density at radius 1 is 1.29 bits per heavy atom. The second-order valence-electron chi connectivity index (χ2n) is 3.33. The minimum absolute atomic E-state index is 0.470. The lowest BCUT2D eigenvalue weighted by molar-refractivity contribution is -0.146. The summed E-state index contributed by atoms with van der Waals surface area (Å²) in [7, 11) is -4.11. The highest BCUT2D eigenvalue weighted by atomic mass is 32.2. The summed E-state index contributed by atoms with van der Waals surface area (Å²) in [5.41, 5.74) is -0.570. The number of benzene rings is 1. The molecule has 1 aromatic carbocycles. The number of aliphatic hydroxyl groups excluding tert-OH is 1. The van der Waals surface area contributed by atoms with Gasteiger partial charge in [-0.25, -0.2) is 22.0 Å². The summed E-state index contributed by atoms with van der Waals surface area (Å²) in [6.07, 6.45) is -1.51. The van der Waals surface area contributed by atoms with Gasteiger partial charge >= 0.3 is 5.97 Å². The summed E-state index contributed by atoms with van der Waals surface area (Å²) < 4.78 is 48.7. The fraction of sp³-hybridized carbons (Fsp3) is 0.222. The molecule has 0 aromatic heterocycles. The third kappa shape index (κ3) is 2.77. The Bertz CT molecular complexity index is 544. The number of hydrogen-bond acceptors (Lipinski definition) is 4. The Balaban J connectivity index is 3.43. The molecule has 94 valence electrons. The first kappa shape index (κ1) is 13.5. The molecule has 0 fully saturated rings. The molecular weight excluding hydrogens is 258 g/mol. The Morgan fingerprint density at radius 2 is 1.71 bits per heavy atom. The van der Waals surface area contributed by atoms with Crippen LogP contribution in [-0.2, 0) is 14.6 Å². The van der Waals surface area contributed by atoms with Gasteiger partial charge in [0, 0.05) is 6.26 Å². The van der Waals surface area contributed by atoms with Gasteiger partial charge in [0.1, 0.15) is 16.5 Å². The van der Waals surface area contributed by atoms with Gasteiger partial charge in [0.15, 0.2) is 15.9 Å². The van der Waals surface area contributed by atoms with E-state index < -0.39 is 44.0 Å². The first-order valence-electron chi connectivity index (χ1n) is 4.24. The second-order valence-corrected chi connectivity index (χ2v) is 5.28. The third-order valence-corrected chi connectivity index (χ3v) is 3.07. The molecule has 0 aliphatic rings. The number of carboxylic acids is 1. The van der Waals surface area contributed by atoms with Gasteiger partial charge in [0.2, 0.25) is 0 Å². The maximum absolute atomic E-state index is 13.3. The van der Waals surface area contributed by atoms with E-state index in [-0.39, 0.29) is 0 Å². The molecule has 0 radical (unpaired) electrons. The van der Waals surface area contributed by atoms with Crippen molar-refractivity contribution in [3.05, 3.63) is 29.3 Å². The number of hydrogen-bond donors (Lipinski definition) is 2. The summed E-state index contributed by atoms with van der Waals surface area (Å²) in [5.74, 6) is -4.58. The topological polar surface area (TPSA) is 91.7 Å². The fourth-order valence-corrected chi connectivity index (χ4v) is 2.06. The first-order chi connectivity index (χ1) is 7.64. The van der Waals surface area contributed by atoms with Crippen LogP contribution in [0, 0.1) is 11.6 Å². The zero-order valence-electron chi connectivity index (χ0n) is 8.52. The van der Waals surface area contributed by atoms with E-state index in [4.69, 9.17) is 10.2 Å². The Morgan fingerprint density at radius 3 is 2.00 bits per heavy atom. The smallest absolute Gasteiger partial charge is 0.337 e. The molecule has 1 atom stereocenters. The molecule has 17 heavy (non-hydrogen) atoms. The predicted molar refractivity (Wildman–Crippen MR) is 52.1 cm³/mol. The van der Waals surface area contributed by atoms with E-state index in [0.717, 1.165) is 0 Å². The van der Waals surface area contributed by atoms with Gasteiger partial charge in [0.25, 0.3) is 0 Å². The van der Waals surface area contributed by atoms with Crippen LogP contribution < -0.4 is 0 Å². The summed E-state index contributed by atoms with van der Waals surface area (Å²) in [6, 6.07) is 0.941. The highest BCUT2D eigenvalue weighted by molar-refractivity contribution is 7.90. The van der Waals surface area contributed by atoms with Crippen LogP contribution in [0.5, 0.6) is 0 Å². The van der Waals surface area contributed by atoms with Crippen LogP contribution in [0.4, 0.5) is 8.78 Å². The highest BCUT2D eigenvalue weighted by Gasteiger charge is 2.24. The lowest BCUT2D eigenvalue weighted by atomic mass is 10.1. The molecule has 1 unspecified atom stereocenters. The minimum atomic E-state index is -4.11. The molecule has 2 N–H and O–H groups in total. The quantitative estimate of drug-likeness (QED) is 0.830. The van der Waals surface area contributed by atoms with E-state index in [2.05, 4.69) is 0 Å². The lowest BCUT2D eigenvalue weighted by Crippen LogP contribution is -2.13. The summed E-state index contributed by atoms with van der Waals surface area (Å²) in [6.45, 7) is 0. The average Bonchev–Trinajstić information content (AvgIpc) is 2.12. The van der Waals surface area contributed by atoms with Gasteiger partial charge in [0.05, 0.1) is 0 Å². The number of sulfone groups is 1. The number of rotatable bonds is 3. The van der Waals surface area contributed by atoms with Crippen molar-refractivity contribution in [2.75, 3.05) is 6.26 Å². The second kappa shape index (κ2) is 4.38. The molecule has 0 heterocycles. The molecule has 1 rings (SSSR count). The number of aliphatic carboxylic acids is 1. The Labute approximate surface area is 95.2 Å². The van der Waals surface area contributed by atoms with Gasteiger partial charge in [-0.2, -0.15) is 0 Å². The molecule has 1 aromatic rings. The van der Waals surface area contributed by atoms with Crippen LogP contribution in [0.2, 0.25) is 0 Å². The zero-order chi connectivity index (χ0) is 13.4. The van der Waals surface area contributed by atoms with Crippen LogP contribution >= 0.6 is 0 Å². The van der Waals surface area contributed by atoms with Crippen molar-refractivity contribution >= 4 is 15.8 Å². The number of carboxylic acid groups (broad SMARTS) is 1. The van der Waals surface area contributed by atoms with Gasteiger partial charge in [-0.15, -0.1) is 0 Å². The Hall–Kier alpha value is -1.54. The average molecular weight is 266 g/mol. The highest BCUT2D eigenvalue weighted by Crippen LogP contribution is 2.23. The summed E-state index contributed by atoms with van der Waals surface area (Å²) in [5, 5.41) is 17.5. The number of halogens is 2. The molecule has 0 bridgehead atoms. The van der Waals surface area contributed by atoms with Gasteiger partial charge in [-0.3, -0.25) is 0 Å². The van der Waals surface area contributed by atoms with Gasteiger partial charge in [-0.05, 0) is 17.7 Å². The van der Waals surface area contributed by atoms with Crippen molar-refractivity contribution in [3.63, 3.8) is 0 Å². The lowest BCUT2D eigenvalue weighted by Gasteiger charge is -2.09. The SMILES string of the molecule is CS(=O)(=O)c1c(F)cc(C(O)C(=O)O)cc1F. The summed E-state index contributed by atoms with van der Waals surface area (Å²) in [4.78, 5) is 9.24. The Kier molecular flexibility index (Phi) is 3.48. The minimum Gasteiger partial charge on any atom is -0.479 e. The van der Waals surface area contributed by atoms with E-state index in [0.29, 0.717) is 18.4 Å². The van der Waals surface area contributed by atoms with Crippen LogP contribution in [-0.4, -0.2) is 30.9 Å². The van der Waals surface area contributed by atoms with Crippen LogP contribution in [0.3, 0.4) is 0 Å². The molecule has 0 aliphatic carbocycles. The molecule has 8 heteroatoms. The maximum Gasteiger partial charge on any atom is 0.337 e. The third-order valence-electron chi connectivity index (χ3n) is 1.94. The number of aliphatic hydroxyl groups is 1. The van der Waals surface area contributed by atoms with Gasteiger partial charge < -0.3 is 10.2 Å². The fourth-order valence-electron chi connectivity index (χ4n) is 1.23. The van der Waals surface area contributed by atoms with E-state index in [1.54, 1.807) is 0 Å². The maximum atomic E-state index is 13.3. The van der Waals surface area contributed by atoms with Crippen LogP contribution in [0.1, 0.15) is 11.7 Å². The monoisotopic (exact) mass is 266 g/mol. The predicted octanol–water partition coefficient (Wildman–Crippen LogP) is 0.486. The molecule has 0 saturated heterocycles. The molecular formula is C9H8F2O5S. The normalized spacial score (nSPS) is 13.4. The largest absolute Gasteiger partial charge is 0.479 e. The van der Waals surface area contributed by atoms with Crippen molar-refractivity contribution < 1.29 is 32.2 Å². The van der Waals surface area contributed by atoms with Crippen molar-refractivity contribution in [2.24, 2.45) is 0 Å². The zero-order valence-corrected chi connectivity index (χ0v) is 9.33. The summed E-state index contributed by atoms with van der Waals surface area (Å²) >= 11 is 0. The van der Waals surface area contributed by atoms with E-state index in [9.17, 15) is 22.0 Å².